The first-order valence-electron chi connectivity index (χ1n) is 21.5. The lowest BCUT2D eigenvalue weighted by atomic mass is 9.82. The number of hydrogen-bond acceptors (Lipinski definition) is 2. The summed E-state index contributed by atoms with van der Waals surface area (Å²) in [5.41, 5.74) is 19.2. The second-order valence-corrected chi connectivity index (χ2v) is 16.5. The quantitative estimate of drug-likeness (QED) is 0.163. The van der Waals surface area contributed by atoms with Crippen molar-refractivity contribution in [3.8, 4) is 33.4 Å². The molecule has 1 aromatic heterocycles. The van der Waals surface area contributed by atoms with Gasteiger partial charge in [0.05, 0.1) is 6.04 Å². The Kier molecular flexibility index (Phi) is 9.31. The monoisotopic (exact) mass is 783 g/mol. The third-order valence-electron chi connectivity index (χ3n) is 12.9. The summed E-state index contributed by atoms with van der Waals surface area (Å²) >= 11 is 0. The van der Waals surface area contributed by atoms with Crippen molar-refractivity contribution in [3.63, 3.8) is 0 Å². The standard InChI is InChI=1S/C59H45NO/c1-3-49-52(44-29-26-41(27-30-44)39-14-6-4-7-15-39)34-38(2)58(60-59(49)45-17-8-5-9-18-45)53-37-56-57(51-21-13-12-20-50(51)53)54-36-48(32-33-55(54)61-56)43-24-22-42(23-25-43)47-31-28-40-16-10-11-19-46(40)35-47/h4-33,35-37,49,58-60H,3H2,1-2H3. The molecular formula is C59H45NO. The van der Waals surface area contributed by atoms with E-state index in [1.807, 2.05) is 0 Å². The molecule has 2 heteroatoms. The first kappa shape index (κ1) is 36.8. The van der Waals surface area contributed by atoms with Crippen LogP contribution in [0.4, 0.5) is 0 Å². The van der Waals surface area contributed by atoms with Gasteiger partial charge in [0.25, 0.3) is 0 Å². The first-order chi connectivity index (χ1) is 30.1. The predicted molar refractivity (Wildman–Crippen MR) is 256 cm³/mol. The van der Waals surface area contributed by atoms with E-state index in [1.165, 1.54) is 77.2 Å². The lowest BCUT2D eigenvalue weighted by molar-refractivity contribution is 0.397. The highest BCUT2D eigenvalue weighted by Crippen LogP contribution is 2.45. The molecule has 0 saturated heterocycles. The Hall–Kier alpha value is -7.22. The third kappa shape index (κ3) is 6.68. The molecular weight excluding hydrogens is 739 g/mol. The lowest BCUT2D eigenvalue weighted by Crippen LogP contribution is -2.31. The number of furan rings is 1. The minimum atomic E-state index is -0.0976. The van der Waals surface area contributed by atoms with Crippen molar-refractivity contribution in [1.82, 2.24) is 5.32 Å². The van der Waals surface area contributed by atoms with Crippen LogP contribution in [0.5, 0.6) is 0 Å². The molecule has 0 saturated carbocycles. The Morgan fingerprint density at radius 3 is 1.75 bits per heavy atom. The second kappa shape index (κ2) is 15.4. The van der Waals surface area contributed by atoms with E-state index in [9.17, 15) is 0 Å². The van der Waals surface area contributed by atoms with Crippen LogP contribution in [-0.2, 0) is 0 Å². The molecule has 2 nitrogen and oxygen atoms in total. The zero-order chi connectivity index (χ0) is 40.9. The maximum Gasteiger partial charge on any atom is 0.136 e. The van der Waals surface area contributed by atoms with Crippen LogP contribution < -0.4 is 5.32 Å². The summed E-state index contributed by atoms with van der Waals surface area (Å²) in [7, 11) is 0. The van der Waals surface area contributed by atoms with Crippen molar-refractivity contribution in [2.24, 2.45) is 5.92 Å². The van der Waals surface area contributed by atoms with Crippen LogP contribution in [0.15, 0.2) is 216 Å². The smallest absolute Gasteiger partial charge is 0.136 e. The van der Waals surface area contributed by atoms with Gasteiger partial charge in [-0.05, 0) is 115 Å². The predicted octanol–water partition coefficient (Wildman–Crippen LogP) is 15.9. The van der Waals surface area contributed by atoms with Gasteiger partial charge < -0.3 is 4.42 Å². The molecule has 3 unspecified atom stereocenters. The van der Waals surface area contributed by atoms with Crippen LogP contribution in [-0.4, -0.2) is 0 Å². The van der Waals surface area contributed by atoms with Gasteiger partial charge in [-0.15, -0.1) is 5.73 Å². The summed E-state index contributed by atoms with van der Waals surface area (Å²) in [4.78, 5) is 0. The van der Waals surface area contributed by atoms with Crippen molar-refractivity contribution < 1.29 is 4.42 Å². The van der Waals surface area contributed by atoms with Crippen molar-refractivity contribution in [2.75, 3.05) is 0 Å². The highest BCUT2D eigenvalue weighted by atomic mass is 16.3. The first-order valence-corrected chi connectivity index (χ1v) is 21.5. The van der Waals surface area contributed by atoms with Gasteiger partial charge in [-0.3, -0.25) is 5.32 Å². The van der Waals surface area contributed by atoms with Crippen LogP contribution in [0, 0.1) is 5.92 Å². The molecule has 0 radical (unpaired) electrons. The Labute approximate surface area is 357 Å². The van der Waals surface area contributed by atoms with E-state index in [0.717, 1.165) is 33.9 Å². The second-order valence-electron chi connectivity index (χ2n) is 16.5. The third-order valence-corrected chi connectivity index (χ3v) is 12.9. The molecule has 61 heavy (non-hydrogen) atoms. The lowest BCUT2D eigenvalue weighted by Gasteiger charge is -2.31. The molecule has 11 rings (SSSR count). The Balaban J connectivity index is 1.02. The minimum Gasteiger partial charge on any atom is -0.456 e. The maximum atomic E-state index is 6.79. The molecule has 0 fully saturated rings. The molecule has 292 valence electrons. The van der Waals surface area contributed by atoms with Gasteiger partial charge >= 0.3 is 0 Å². The minimum absolute atomic E-state index is 0.0604. The Bertz CT molecular complexity index is 3300. The normalized spacial score (nSPS) is 16.8. The van der Waals surface area contributed by atoms with E-state index in [-0.39, 0.29) is 18.0 Å². The maximum absolute atomic E-state index is 6.79. The average molecular weight is 784 g/mol. The summed E-state index contributed by atoms with van der Waals surface area (Å²) in [6.45, 7) is 4.55. The Morgan fingerprint density at radius 1 is 0.475 bits per heavy atom. The zero-order valence-electron chi connectivity index (χ0n) is 34.4. The number of hydrogen-bond donors (Lipinski definition) is 1. The summed E-state index contributed by atoms with van der Waals surface area (Å²) in [5.74, 6) is 0.200. The van der Waals surface area contributed by atoms with Gasteiger partial charge in [0.1, 0.15) is 11.2 Å². The number of rotatable bonds is 7. The zero-order valence-corrected chi connectivity index (χ0v) is 34.4. The van der Waals surface area contributed by atoms with Gasteiger partial charge in [0.15, 0.2) is 0 Å². The number of fused-ring (bicyclic) bond motifs is 6. The SMILES string of the molecule is CCC1C(c2ccc(-c3ccccc3)cc2)=C=C(C)C(c2cc3oc4ccc(-c5ccc(-c6ccc7ccccc7c6)cc5)cc4c3c3ccccc23)NC1c1ccccc1. The largest absolute Gasteiger partial charge is 0.456 e. The van der Waals surface area contributed by atoms with Gasteiger partial charge in [-0.1, -0.05) is 183 Å². The molecule has 0 aliphatic carbocycles. The average Bonchev–Trinajstić information content (AvgIpc) is 3.63. The van der Waals surface area contributed by atoms with E-state index in [4.69, 9.17) is 4.42 Å². The molecule has 10 aromatic rings. The van der Waals surface area contributed by atoms with Crippen LogP contribution >= 0.6 is 0 Å². The molecule has 3 atom stereocenters. The highest BCUT2D eigenvalue weighted by Gasteiger charge is 2.33. The van der Waals surface area contributed by atoms with Crippen LogP contribution in [0.1, 0.15) is 49.0 Å². The summed E-state index contributed by atoms with van der Waals surface area (Å²) in [6, 6.07) is 72.6. The molecule has 0 amide bonds. The van der Waals surface area contributed by atoms with Crippen molar-refractivity contribution in [2.45, 2.75) is 32.4 Å². The summed E-state index contributed by atoms with van der Waals surface area (Å²) in [6.07, 6.45) is 0.965. The van der Waals surface area contributed by atoms with E-state index in [2.05, 4.69) is 225 Å². The van der Waals surface area contributed by atoms with E-state index in [1.54, 1.807) is 0 Å². The number of benzene rings is 9. The van der Waals surface area contributed by atoms with Crippen LogP contribution in [0.3, 0.4) is 0 Å². The molecule has 1 N–H and O–H groups in total. The fourth-order valence-corrected chi connectivity index (χ4v) is 9.79. The van der Waals surface area contributed by atoms with Crippen molar-refractivity contribution >= 4 is 49.1 Å². The summed E-state index contributed by atoms with van der Waals surface area (Å²) < 4.78 is 6.79. The Morgan fingerprint density at radius 2 is 1.03 bits per heavy atom. The number of nitrogens with one attached hydrogen (secondary N) is 1. The molecule has 0 spiro atoms. The van der Waals surface area contributed by atoms with Gasteiger partial charge in [0, 0.05) is 28.3 Å². The van der Waals surface area contributed by atoms with Gasteiger partial charge in [-0.2, -0.15) is 0 Å². The molecule has 9 aromatic carbocycles. The van der Waals surface area contributed by atoms with Gasteiger partial charge in [-0.25, -0.2) is 0 Å². The topological polar surface area (TPSA) is 25.2 Å². The molecule has 2 heterocycles. The van der Waals surface area contributed by atoms with Gasteiger partial charge in [0.2, 0.25) is 0 Å². The molecule has 1 aliphatic heterocycles. The van der Waals surface area contributed by atoms with E-state index in [0.29, 0.717) is 0 Å². The van der Waals surface area contributed by atoms with E-state index < -0.39 is 0 Å². The molecule has 1 aliphatic rings. The van der Waals surface area contributed by atoms with Crippen LogP contribution in [0.2, 0.25) is 0 Å². The highest BCUT2D eigenvalue weighted by molar-refractivity contribution is 6.20. The van der Waals surface area contributed by atoms with Crippen LogP contribution in [0.25, 0.3) is 82.4 Å². The van der Waals surface area contributed by atoms with Crippen molar-refractivity contribution in [1.29, 1.82) is 0 Å². The fourth-order valence-electron chi connectivity index (χ4n) is 9.79. The fraction of sp³-hybridized carbons (Fsp3) is 0.102. The molecule has 0 bridgehead atoms. The van der Waals surface area contributed by atoms with Crippen molar-refractivity contribution in [3.05, 3.63) is 228 Å². The van der Waals surface area contributed by atoms with E-state index >= 15 is 0 Å². The summed E-state index contributed by atoms with van der Waals surface area (Å²) in [5, 5.41) is 11.4.